The minimum Gasteiger partial charge on any atom is -0.550 e. The number of carbonyl (C=O) groups excluding carboxylic acids is 2. The molecular weight excluding hydrogens is 390 g/mol. The van der Waals surface area contributed by atoms with Gasteiger partial charge in [-0.25, -0.2) is 0 Å². The van der Waals surface area contributed by atoms with E-state index in [-0.39, 0.29) is 12.4 Å². The molecule has 1 atom stereocenters. The van der Waals surface area contributed by atoms with E-state index in [4.69, 9.17) is 4.74 Å². The Morgan fingerprint density at radius 2 is 1.32 bits per heavy atom. The number of unbranched alkanes of at least 4 members (excludes halogenated alkanes) is 9. The molecule has 0 N–H and O–H groups in total. The summed E-state index contributed by atoms with van der Waals surface area (Å²) in [5, 5.41) is 10.9. The second kappa shape index (κ2) is 19.1. The minimum atomic E-state index is -1.19. The number of allylic oxidation sites excluding steroid dienone is 4. The van der Waals surface area contributed by atoms with Gasteiger partial charge in [-0.15, -0.1) is 0 Å². The lowest BCUT2D eigenvalue weighted by Crippen LogP contribution is -2.45. The molecule has 0 aromatic carbocycles. The predicted molar refractivity (Wildman–Crippen MR) is 126 cm³/mol. The van der Waals surface area contributed by atoms with E-state index in [0.29, 0.717) is 23.9 Å². The third-order valence-electron chi connectivity index (χ3n) is 5.00. The molecule has 0 aromatic rings. The molecule has 1 unspecified atom stereocenters. The lowest BCUT2D eigenvalue weighted by Gasteiger charge is -2.29. The molecule has 0 rings (SSSR count). The molecule has 0 heterocycles. The Bertz CT molecular complexity index is 520. The molecule has 0 aliphatic rings. The zero-order valence-corrected chi connectivity index (χ0v) is 20.6. The van der Waals surface area contributed by atoms with E-state index >= 15 is 0 Å². The van der Waals surface area contributed by atoms with Crippen LogP contribution in [0, 0.1) is 0 Å². The van der Waals surface area contributed by atoms with Gasteiger partial charge in [0.1, 0.15) is 6.54 Å². The Hall–Kier alpha value is -1.62. The first kappa shape index (κ1) is 29.4. The smallest absolute Gasteiger partial charge is 0.306 e. The van der Waals surface area contributed by atoms with Crippen LogP contribution < -0.4 is 5.11 Å². The fourth-order valence-corrected chi connectivity index (χ4v) is 3.43. The number of hydrogen-bond acceptors (Lipinski definition) is 4. The number of rotatable bonds is 20. The number of aliphatic carboxylic acids is 1. The van der Waals surface area contributed by atoms with Crippen molar-refractivity contribution in [3.8, 4) is 0 Å². The highest BCUT2D eigenvalue weighted by Crippen LogP contribution is 2.10. The number of nitrogens with zero attached hydrogens (tertiary/aromatic N) is 1. The van der Waals surface area contributed by atoms with Crippen LogP contribution in [-0.4, -0.2) is 50.2 Å². The molecule has 0 bridgehead atoms. The molecule has 180 valence electrons. The van der Waals surface area contributed by atoms with Crippen LogP contribution in [0.3, 0.4) is 0 Å². The fraction of sp³-hybridized carbons (Fsp3) is 0.769. The van der Waals surface area contributed by atoms with E-state index in [9.17, 15) is 14.7 Å². The second-order valence-corrected chi connectivity index (χ2v) is 9.48. The molecular formula is C26H47NO4. The van der Waals surface area contributed by atoms with Gasteiger partial charge >= 0.3 is 5.97 Å². The number of hydrogen-bond donors (Lipinski definition) is 0. The van der Waals surface area contributed by atoms with E-state index in [2.05, 4.69) is 31.2 Å². The predicted octanol–water partition coefficient (Wildman–Crippen LogP) is 4.95. The summed E-state index contributed by atoms with van der Waals surface area (Å²) >= 11 is 0. The highest BCUT2D eigenvalue weighted by atomic mass is 16.5. The molecule has 0 aliphatic carbocycles. The van der Waals surface area contributed by atoms with Gasteiger partial charge in [-0.2, -0.15) is 0 Å². The van der Waals surface area contributed by atoms with Gasteiger partial charge in [0, 0.05) is 18.8 Å². The van der Waals surface area contributed by atoms with Crippen LogP contribution in [0.25, 0.3) is 0 Å². The van der Waals surface area contributed by atoms with Crippen LogP contribution in [0.4, 0.5) is 0 Å². The van der Waals surface area contributed by atoms with E-state index in [1.807, 2.05) is 21.1 Å². The summed E-state index contributed by atoms with van der Waals surface area (Å²) in [6, 6.07) is 0. The Morgan fingerprint density at radius 1 is 0.806 bits per heavy atom. The summed E-state index contributed by atoms with van der Waals surface area (Å²) < 4.78 is 5.88. The topological polar surface area (TPSA) is 66.4 Å². The number of carbonyl (C=O) groups is 2. The minimum absolute atomic E-state index is 0.256. The van der Waals surface area contributed by atoms with Crippen LogP contribution >= 0.6 is 0 Å². The largest absolute Gasteiger partial charge is 0.550 e. The molecule has 0 amide bonds. The average molecular weight is 438 g/mol. The number of ether oxygens (including phenoxy) is 1. The second-order valence-electron chi connectivity index (χ2n) is 9.48. The van der Waals surface area contributed by atoms with Gasteiger partial charge in [-0.05, 0) is 38.5 Å². The quantitative estimate of drug-likeness (QED) is 0.117. The molecule has 0 aromatic heterocycles. The molecule has 0 saturated carbocycles. The van der Waals surface area contributed by atoms with E-state index in [1.165, 1.54) is 51.4 Å². The first-order valence-electron chi connectivity index (χ1n) is 12.2. The highest BCUT2D eigenvalue weighted by Gasteiger charge is 2.22. The highest BCUT2D eigenvalue weighted by molar-refractivity contribution is 5.70. The normalized spacial score (nSPS) is 13.2. The Morgan fingerprint density at radius 3 is 1.87 bits per heavy atom. The van der Waals surface area contributed by atoms with Crippen LogP contribution in [0.5, 0.6) is 0 Å². The molecule has 5 heteroatoms. The average Bonchev–Trinajstić information content (AvgIpc) is 2.65. The van der Waals surface area contributed by atoms with Crippen LogP contribution in [-0.2, 0) is 14.3 Å². The number of esters is 1. The van der Waals surface area contributed by atoms with Crippen LogP contribution in [0.1, 0.15) is 96.8 Å². The first-order chi connectivity index (χ1) is 14.7. The Balaban J connectivity index is 3.74. The molecule has 0 fully saturated rings. The van der Waals surface area contributed by atoms with Crippen molar-refractivity contribution in [2.75, 3.05) is 27.7 Å². The summed E-state index contributed by atoms with van der Waals surface area (Å²) in [5.74, 6) is -1.52. The van der Waals surface area contributed by atoms with Crippen LogP contribution in [0.2, 0.25) is 0 Å². The fourth-order valence-electron chi connectivity index (χ4n) is 3.43. The summed E-state index contributed by atoms with van der Waals surface area (Å²) in [4.78, 5) is 22.9. The van der Waals surface area contributed by atoms with Crippen molar-refractivity contribution < 1.29 is 23.9 Å². The van der Waals surface area contributed by atoms with Gasteiger partial charge in [0.2, 0.25) is 0 Å². The van der Waals surface area contributed by atoms with Gasteiger partial charge in [0.05, 0.1) is 21.1 Å². The molecule has 31 heavy (non-hydrogen) atoms. The van der Waals surface area contributed by atoms with E-state index in [1.54, 1.807) is 0 Å². The summed E-state index contributed by atoms with van der Waals surface area (Å²) in [6.07, 6.45) is 22.6. The Labute approximate surface area is 191 Å². The number of carboxylic acid groups (broad SMARTS) is 1. The van der Waals surface area contributed by atoms with Crippen molar-refractivity contribution in [2.24, 2.45) is 0 Å². The van der Waals surface area contributed by atoms with Crippen molar-refractivity contribution in [3.05, 3.63) is 24.3 Å². The zero-order chi connectivity index (χ0) is 23.4. The standard InChI is InChI=1S/C26H47NO4/c1-5-6-7-8-9-10-11-12-13-14-15-16-17-18-19-20-21-26(30)31-24(22-25(28)29)23-27(2,3)4/h13-14,17-18,24H,5-12,15-16,19-23H2,1-4H3/b14-13+,18-17+. The van der Waals surface area contributed by atoms with Crippen LogP contribution in [0.15, 0.2) is 24.3 Å². The maximum absolute atomic E-state index is 12.0. The third kappa shape index (κ3) is 22.9. The van der Waals surface area contributed by atoms with Crippen molar-refractivity contribution in [2.45, 2.75) is 103 Å². The first-order valence-corrected chi connectivity index (χ1v) is 12.2. The third-order valence-corrected chi connectivity index (χ3v) is 5.00. The van der Waals surface area contributed by atoms with Crippen molar-refractivity contribution in [3.63, 3.8) is 0 Å². The van der Waals surface area contributed by atoms with Gasteiger partial charge in [0.25, 0.3) is 0 Å². The van der Waals surface area contributed by atoms with Gasteiger partial charge in [-0.3, -0.25) is 4.79 Å². The maximum Gasteiger partial charge on any atom is 0.306 e. The summed E-state index contributed by atoms with van der Waals surface area (Å²) in [6.45, 7) is 2.70. The summed E-state index contributed by atoms with van der Waals surface area (Å²) in [5.41, 5.74) is 0. The van der Waals surface area contributed by atoms with Gasteiger partial charge in [-0.1, -0.05) is 69.8 Å². The van der Waals surface area contributed by atoms with E-state index in [0.717, 1.165) is 19.3 Å². The van der Waals surface area contributed by atoms with Crippen molar-refractivity contribution >= 4 is 11.9 Å². The molecule has 0 aliphatic heterocycles. The summed E-state index contributed by atoms with van der Waals surface area (Å²) in [7, 11) is 5.81. The number of carboxylic acids is 1. The molecule has 5 nitrogen and oxygen atoms in total. The van der Waals surface area contributed by atoms with E-state index < -0.39 is 12.1 Å². The SMILES string of the molecule is CCCCCCCCC/C=C/CC/C=C/CCCC(=O)OC(CC(=O)[O-])C[N+](C)(C)C. The van der Waals surface area contributed by atoms with Gasteiger partial charge in [0.15, 0.2) is 6.10 Å². The molecule has 0 spiro atoms. The lowest BCUT2D eigenvalue weighted by atomic mass is 10.1. The number of quaternary nitrogens is 1. The molecule has 0 radical (unpaired) electrons. The maximum atomic E-state index is 12.0. The monoisotopic (exact) mass is 437 g/mol. The van der Waals surface area contributed by atoms with Gasteiger partial charge < -0.3 is 19.1 Å². The Kier molecular flexibility index (Phi) is 18.1. The van der Waals surface area contributed by atoms with Crippen molar-refractivity contribution in [1.82, 2.24) is 0 Å². The molecule has 0 saturated heterocycles. The number of likely N-dealkylation sites (N-methyl/N-ethyl adjacent to an activating group) is 1. The van der Waals surface area contributed by atoms with Crippen molar-refractivity contribution in [1.29, 1.82) is 0 Å². The lowest BCUT2D eigenvalue weighted by molar-refractivity contribution is -0.873. The zero-order valence-electron chi connectivity index (χ0n) is 20.6.